The van der Waals surface area contributed by atoms with Crippen molar-refractivity contribution in [2.24, 2.45) is 7.05 Å². The molecule has 4 heterocycles. The van der Waals surface area contributed by atoms with E-state index >= 15 is 0 Å². The van der Waals surface area contributed by atoms with Crippen molar-refractivity contribution in [3.8, 4) is 0 Å². The highest BCUT2D eigenvalue weighted by molar-refractivity contribution is 5.82. The van der Waals surface area contributed by atoms with Crippen LogP contribution in [0.1, 0.15) is 12.0 Å². The number of nitrogens with one attached hydrogen (secondary N) is 2. The van der Waals surface area contributed by atoms with Crippen LogP contribution in [0, 0.1) is 0 Å². The molecule has 8 heteroatoms. The predicted octanol–water partition coefficient (Wildman–Crippen LogP) is 0.648. The summed E-state index contributed by atoms with van der Waals surface area (Å²) in [6.45, 7) is 3.04. The molecule has 0 atom stereocenters. The molecule has 0 bridgehead atoms. The first-order valence-corrected chi connectivity index (χ1v) is 9.10. The molecular weight excluding hydrogens is 344 g/mol. The second-order valence-corrected chi connectivity index (χ2v) is 6.96. The van der Waals surface area contributed by atoms with E-state index < -0.39 is 11.2 Å². The molecule has 0 amide bonds. The number of fused-ring (bicyclic) bond motifs is 5. The van der Waals surface area contributed by atoms with Crippen LogP contribution < -0.4 is 21.5 Å². The van der Waals surface area contributed by atoms with Gasteiger partial charge in [-0.25, -0.2) is 4.79 Å². The molecule has 0 radical (unpaired) electrons. The first kappa shape index (κ1) is 16.1. The van der Waals surface area contributed by atoms with E-state index in [0.717, 1.165) is 37.6 Å². The molecule has 1 aromatic carbocycles. The summed E-state index contributed by atoms with van der Waals surface area (Å²) in [7, 11) is 1.63. The first-order valence-electron chi connectivity index (χ1n) is 9.10. The highest BCUT2D eigenvalue weighted by Crippen LogP contribution is 2.35. The number of nitrogens with zero attached hydrogens (tertiary/aromatic N) is 4. The molecule has 138 valence electrons. The fourth-order valence-electron chi connectivity index (χ4n) is 4.02. The molecule has 0 aliphatic carbocycles. The summed E-state index contributed by atoms with van der Waals surface area (Å²) in [5, 5.41) is 3.48. The third-order valence-electron chi connectivity index (χ3n) is 5.37. The quantitative estimate of drug-likeness (QED) is 0.662. The van der Waals surface area contributed by atoms with Gasteiger partial charge in [-0.05, 0) is 18.5 Å². The van der Waals surface area contributed by atoms with Gasteiger partial charge in [0.05, 0.1) is 6.54 Å². The minimum Gasteiger partial charge on any atom is -0.314 e. The number of aryl methyl sites for hydroxylation is 1. The van der Waals surface area contributed by atoms with Crippen molar-refractivity contribution in [1.29, 1.82) is 0 Å². The fraction of sp³-hybridized carbons (Fsp3) is 0.316. The van der Waals surface area contributed by atoms with Crippen LogP contribution in [0.5, 0.6) is 0 Å². The van der Waals surface area contributed by atoms with Crippen LogP contribution >= 0.6 is 0 Å². The van der Waals surface area contributed by atoms with Gasteiger partial charge >= 0.3 is 5.69 Å². The Morgan fingerprint density at radius 1 is 1.15 bits per heavy atom. The summed E-state index contributed by atoms with van der Waals surface area (Å²) in [6, 6.07) is 10.2. The van der Waals surface area contributed by atoms with Crippen LogP contribution in [-0.4, -0.2) is 38.7 Å². The molecule has 5 rings (SSSR count). The van der Waals surface area contributed by atoms with Crippen molar-refractivity contribution in [3.63, 3.8) is 0 Å². The minimum atomic E-state index is -0.447. The SMILES string of the molecule is Cn1c(=O)[nH]c(=O)c2c1nc1n2CC(c2ccccc2)=C2CNCCCN21. The third kappa shape index (κ3) is 2.37. The van der Waals surface area contributed by atoms with E-state index in [9.17, 15) is 9.59 Å². The van der Waals surface area contributed by atoms with Crippen molar-refractivity contribution in [3.05, 3.63) is 62.4 Å². The number of rotatable bonds is 1. The third-order valence-corrected chi connectivity index (χ3v) is 5.37. The standard InChI is InChI=1S/C19H20N6O2/c1-23-16-15(17(26)22-19(23)27)25-11-13(12-6-3-2-4-7-12)14-10-20-8-5-9-24(14)18(25)21-16/h2-4,6-7,20H,5,8-11H2,1H3,(H,22,26,27). The highest BCUT2D eigenvalue weighted by atomic mass is 16.2. The maximum atomic E-state index is 12.6. The van der Waals surface area contributed by atoms with Crippen molar-refractivity contribution < 1.29 is 0 Å². The maximum Gasteiger partial charge on any atom is 0.329 e. The number of hydrogen-bond donors (Lipinski definition) is 2. The van der Waals surface area contributed by atoms with E-state index in [4.69, 9.17) is 4.98 Å². The second kappa shape index (κ2) is 5.95. The zero-order valence-electron chi connectivity index (χ0n) is 15.0. The molecule has 2 aromatic heterocycles. The van der Waals surface area contributed by atoms with E-state index in [1.165, 1.54) is 15.8 Å². The maximum absolute atomic E-state index is 12.6. The smallest absolute Gasteiger partial charge is 0.314 e. The lowest BCUT2D eigenvalue weighted by Crippen LogP contribution is -2.34. The Morgan fingerprint density at radius 2 is 1.96 bits per heavy atom. The van der Waals surface area contributed by atoms with Gasteiger partial charge in [-0.2, -0.15) is 4.98 Å². The average molecular weight is 364 g/mol. The minimum absolute atomic E-state index is 0.393. The molecule has 1 fully saturated rings. The van der Waals surface area contributed by atoms with Gasteiger partial charge in [-0.3, -0.25) is 18.9 Å². The summed E-state index contributed by atoms with van der Waals surface area (Å²) < 4.78 is 3.34. The van der Waals surface area contributed by atoms with Gasteiger partial charge in [0.15, 0.2) is 11.2 Å². The number of anilines is 1. The van der Waals surface area contributed by atoms with Gasteiger partial charge in [-0.15, -0.1) is 0 Å². The molecule has 0 spiro atoms. The monoisotopic (exact) mass is 364 g/mol. The Hall–Kier alpha value is -3.13. The Bertz CT molecular complexity index is 1180. The van der Waals surface area contributed by atoms with E-state index in [0.29, 0.717) is 17.7 Å². The van der Waals surface area contributed by atoms with Crippen molar-refractivity contribution in [2.75, 3.05) is 24.5 Å². The van der Waals surface area contributed by atoms with Crippen molar-refractivity contribution >= 4 is 22.7 Å². The largest absolute Gasteiger partial charge is 0.329 e. The second-order valence-electron chi connectivity index (χ2n) is 6.96. The van der Waals surface area contributed by atoms with E-state index in [2.05, 4.69) is 27.3 Å². The van der Waals surface area contributed by atoms with Gasteiger partial charge in [0.25, 0.3) is 5.56 Å². The number of benzene rings is 1. The van der Waals surface area contributed by atoms with Crippen molar-refractivity contribution in [1.82, 2.24) is 24.4 Å². The van der Waals surface area contributed by atoms with Crippen LogP contribution in [0.3, 0.4) is 0 Å². The summed E-state index contributed by atoms with van der Waals surface area (Å²) in [6.07, 6.45) is 0.976. The number of aromatic nitrogens is 4. The number of imidazole rings is 1. The summed E-state index contributed by atoms with van der Waals surface area (Å²) in [4.78, 5) is 33.9. The normalized spacial score (nSPS) is 17.0. The van der Waals surface area contributed by atoms with Crippen molar-refractivity contribution in [2.45, 2.75) is 13.0 Å². The molecule has 2 N–H and O–H groups in total. The van der Waals surface area contributed by atoms with Gasteiger partial charge < -0.3 is 10.2 Å². The topological polar surface area (TPSA) is 88.0 Å². The highest BCUT2D eigenvalue weighted by Gasteiger charge is 2.31. The molecule has 27 heavy (non-hydrogen) atoms. The Balaban J connectivity index is 1.81. The lowest BCUT2D eigenvalue weighted by atomic mass is 10.0. The predicted molar refractivity (Wildman–Crippen MR) is 104 cm³/mol. The lowest BCUT2D eigenvalue weighted by Gasteiger charge is -2.32. The zero-order valence-corrected chi connectivity index (χ0v) is 15.0. The number of allylic oxidation sites excluding steroid dienone is 1. The van der Waals surface area contributed by atoms with Gasteiger partial charge in [0, 0.05) is 31.4 Å². The lowest BCUT2D eigenvalue weighted by molar-refractivity contribution is 0.731. The summed E-state index contributed by atoms with van der Waals surface area (Å²) >= 11 is 0. The molecule has 1 saturated heterocycles. The van der Waals surface area contributed by atoms with Gasteiger partial charge in [0.2, 0.25) is 5.95 Å². The molecular formula is C19H20N6O2. The summed E-state index contributed by atoms with van der Waals surface area (Å²) in [5.41, 5.74) is 3.51. The van der Waals surface area contributed by atoms with E-state index in [-0.39, 0.29) is 0 Å². The molecule has 8 nitrogen and oxygen atoms in total. The average Bonchev–Trinajstić information content (AvgIpc) is 2.89. The van der Waals surface area contributed by atoms with Crippen LogP contribution in [0.15, 0.2) is 45.6 Å². The molecule has 3 aromatic rings. The van der Waals surface area contributed by atoms with E-state index in [1.54, 1.807) is 7.05 Å². The van der Waals surface area contributed by atoms with E-state index in [1.807, 2.05) is 22.8 Å². The molecule has 2 aliphatic heterocycles. The molecule has 0 saturated carbocycles. The fourth-order valence-corrected chi connectivity index (χ4v) is 4.02. The van der Waals surface area contributed by atoms with Gasteiger partial charge in [0.1, 0.15) is 0 Å². The van der Waals surface area contributed by atoms with Crippen LogP contribution in [0.2, 0.25) is 0 Å². The van der Waals surface area contributed by atoms with Crippen LogP contribution in [0.4, 0.5) is 5.95 Å². The number of aromatic amines is 1. The summed E-state index contributed by atoms with van der Waals surface area (Å²) in [5.74, 6) is 0.732. The van der Waals surface area contributed by atoms with Crippen LogP contribution in [0.25, 0.3) is 16.7 Å². The zero-order chi connectivity index (χ0) is 18.5. The van der Waals surface area contributed by atoms with Gasteiger partial charge in [-0.1, -0.05) is 30.3 Å². The number of hydrogen-bond acceptors (Lipinski definition) is 5. The first-order chi connectivity index (χ1) is 13.1. The Kier molecular flexibility index (Phi) is 3.54. The Morgan fingerprint density at radius 3 is 2.78 bits per heavy atom. The molecule has 2 aliphatic rings. The molecule has 0 unspecified atom stereocenters. The van der Waals surface area contributed by atoms with Crippen LogP contribution in [-0.2, 0) is 13.6 Å². The Labute approximate surface area is 154 Å². The number of H-pyrrole nitrogens is 1.